The lowest BCUT2D eigenvalue weighted by atomic mass is 9.91. The summed E-state index contributed by atoms with van der Waals surface area (Å²) in [5, 5.41) is 2.35. The van der Waals surface area contributed by atoms with Gasteiger partial charge in [0, 0.05) is 5.56 Å². The van der Waals surface area contributed by atoms with Crippen molar-refractivity contribution in [3.8, 4) is 5.75 Å². The zero-order valence-corrected chi connectivity index (χ0v) is 33.4. The summed E-state index contributed by atoms with van der Waals surface area (Å²) in [6.07, 6.45) is 1.90. The van der Waals surface area contributed by atoms with Crippen LogP contribution in [0.1, 0.15) is 60.5 Å². The predicted octanol–water partition coefficient (Wildman–Crippen LogP) is 9.00. The van der Waals surface area contributed by atoms with Crippen LogP contribution in [0.3, 0.4) is 0 Å². The molecule has 0 saturated heterocycles. The summed E-state index contributed by atoms with van der Waals surface area (Å²) in [7, 11) is 0. The van der Waals surface area contributed by atoms with Gasteiger partial charge in [0.25, 0.3) is 5.56 Å². The average molecular weight is 917 g/mol. The molecule has 7 rings (SSSR count). The molecule has 5 aromatic carbocycles. The van der Waals surface area contributed by atoms with E-state index in [2.05, 4.69) is 101 Å². The Morgan fingerprint density at radius 3 is 2.31 bits per heavy atom. The van der Waals surface area contributed by atoms with E-state index in [0.717, 1.165) is 35.1 Å². The lowest BCUT2D eigenvalue weighted by Crippen LogP contribution is -2.40. The first-order chi connectivity index (χ1) is 24.7. The molecule has 51 heavy (non-hydrogen) atoms. The first-order valence-corrected chi connectivity index (χ1v) is 19.7. The minimum absolute atomic E-state index is 0.201. The van der Waals surface area contributed by atoms with E-state index in [9.17, 15) is 9.59 Å². The summed E-state index contributed by atoms with van der Waals surface area (Å²) in [5.41, 5.74) is 5.40. The molecule has 1 aliphatic heterocycles. The molecule has 0 amide bonds. The summed E-state index contributed by atoms with van der Waals surface area (Å²) in [6, 6.07) is 35.7. The van der Waals surface area contributed by atoms with Crippen molar-refractivity contribution >= 4 is 85.0 Å². The number of aromatic nitrogens is 1. The maximum atomic E-state index is 14.4. The largest absolute Gasteiger partial charge is 0.487 e. The Kier molecular flexibility index (Phi) is 10.6. The highest BCUT2D eigenvalue weighted by Crippen LogP contribution is 2.36. The van der Waals surface area contributed by atoms with Crippen LogP contribution in [0.4, 0.5) is 0 Å². The second-order valence-corrected chi connectivity index (χ2v) is 15.8. The van der Waals surface area contributed by atoms with Crippen LogP contribution >= 0.6 is 56.5 Å². The normalized spacial score (nSPS) is 14.5. The molecule has 9 heteroatoms. The van der Waals surface area contributed by atoms with Crippen molar-refractivity contribution in [2.45, 2.75) is 39.3 Å². The van der Waals surface area contributed by atoms with Crippen LogP contribution in [0.25, 0.3) is 22.5 Å². The fourth-order valence-corrected chi connectivity index (χ4v) is 9.47. The van der Waals surface area contributed by atoms with Crippen LogP contribution in [0.2, 0.25) is 0 Å². The second-order valence-electron chi connectivity index (χ2n) is 12.5. The Morgan fingerprint density at radius 2 is 1.61 bits per heavy atom. The molecule has 1 aliphatic rings. The van der Waals surface area contributed by atoms with Gasteiger partial charge in [-0.2, -0.15) is 0 Å². The van der Waals surface area contributed by atoms with Gasteiger partial charge in [-0.05, 0) is 109 Å². The highest BCUT2D eigenvalue weighted by atomic mass is 127. The van der Waals surface area contributed by atoms with Gasteiger partial charge in [-0.1, -0.05) is 122 Å². The Hall–Kier alpha value is -4.07. The Morgan fingerprint density at radius 1 is 0.922 bits per heavy atom. The molecule has 0 aliphatic carbocycles. The van der Waals surface area contributed by atoms with Gasteiger partial charge in [0.05, 0.1) is 35.6 Å². The Bertz CT molecular complexity index is 2460. The molecule has 0 bridgehead atoms. The lowest BCUT2D eigenvalue weighted by molar-refractivity contribution is -0.138. The number of benzene rings is 5. The minimum atomic E-state index is -0.719. The predicted molar refractivity (Wildman–Crippen MR) is 222 cm³/mol. The van der Waals surface area contributed by atoms with Crippen LogP contribution in [-0.2, 0) is 16.1 Å². The van der Waals surface area contributed by atoms with E-state index < -0.39 is 12.0 Å². The van der Waals surface area contributed by atoms with Crippen molar-refractivity contribution in [3.05, 3.63) is 169 Å². The van der Waals surface area contributed by atoms with Gasteiger partial charge in [0.2, 0.25) is 0 Å². The molecule has 0 N–H and O–H groups in total. The number of carbonyl (C=O) groups is 1. The van der Waals surface area contributed by atoms with E-state index in [1.807, 2.05) is 72.8 Å². The first-order valence-electron chi connectivity index (χ1n) is 16.7. The maximum Gasteiger partial charge on any atom is 0.338 e. The number of carbonyl (C=O) groups excluding carboxylic acids is 1. The van der Waals surface area contributed by atoms with Gasteiger partial charge in [-0.15, -0.1) is 0 Å². The van der Waals surface area contributed by atoms with E-state index in [1.165, 1.54) is 27.7 Å². The van der Waals surface area contributed by atoms with Crippen molar-refractivity contribution in [3.63, 3.8) is 0 Å². The monoisotopic (exact) mass is 916 g/mol. The van der Waals surface area contributed by atoms with E-state index in [4.69, 9.17) is 14.5 Å². The zero-order chi connectivity index (χ0) is 35.6. The molecule has 0 unspecified atom stereocenters. The van der Waals surface area contributed by atoms with E-state index >= 15 is 0 Å². The standard InChI is InChI=1S/C42H34I2N2O4S/c1-4-49-41(48)36-37(29-12-6-5-7-13-29)45-42-46(38(36)30-19-17-27(18-20-30)25(2)3)40(47)35(51-42)23-26-21-33(43)39(34(44)22-26)50-24-31-15-10-14-28-11-8-9-16-32(28)31/h5-23,25,38H,4,24H2,1-3H3/b35-23-/t38-/m0/s1. The molecule has 0 fully saturated rings. The van der Waals surface area contributed by atoms with Crippen molar-refractivity contribution < 1.29 is 14.3 Å². The minimum Gasteiger partial charge on any atom is -0.487 e. The highest BCUT2D eigenvalue weighted by molar-refractivity contribution is 14.1. The zero-order valence-electron chi connectivity index (χ0n) is 28.2. The molecule has 2 heterocycles. The third-order valence-corrected chi connectivity index (χ3v) is 11.4. The molecular weight excluding hydrogens is 882 g/mol. The smallest absolute Gasteiger partial charge is 0.338 e. The number of thiazole rings is 1. The number of hydrogen-bond acceptors (Lipinski definition) is 6. The van der Waals surface area contributed by atoms with Gasteiger partial charge >= 0.3 is 5.97 Å². The summed E-state index contributed by atoms with van der Waals surface area (Å²) in [4.78, 5) is 33.7. The highest BCUT2D eigenvalue weighted by Gasteiger charge is 2.35. The van der Waals surface area contributed by atoms with Crippen LogP contribution in [-0.4, -0.2) is 17.1 Å². The number of hydrogen-bond donors (Lipinski definition) is 0. The van der Waals surface area contributed by atoms with Gasteiger partial charge in [0.15, 0.2) is 4.80 Å². The number of halogens is 2. The van der Waals surface area contributed by atoms with Crippen LogP contribution in [0, 0.1) is 7.14 Å². The second kappa shape index (κ2) is 15.3. The van der Waals surface area contributed by atoms with Crippen LogP contribution < -0.4 is 19.6 Å². The van der Waals surface area contributed by atoms with Gasteiger partial charge in [-0.25, -0.2) is 9.79 Å². The third-order valence-electron chi connectivity index (χ3n) is 8.86. The molecule has 1 atom stereocenters. The molecule has 0 saturated carbocycles. The fourth-order valence-electron chi connectivity index (χ4n) is 6.34. The van der Waals surface area contributed by atoms with Crippen LogP contribution in [0.5, 0.6) is 5.75 Å². The van der Waals surface area contributed by atoms with Gasteiger partial charge in [0.1, 0.15) is 12.4 Å². The quantitative estimate of drug-likeness (QED) is 0.107. The summed E-state index contributed by atoms with van der Waals surface area (Å²) in [5.74, 6) is 0.649. The number of rotatable bonds is 9. The maximum absolute atomic E-state index is 14.4. The molecule has 0 spiro atoms. The van der Waals surface area contributed by atoms with Crippen molar-refractivity contribution in [1.82, 2.24) is 4.57 Å². The van der Waals surface area contributed by atoms with E-state index in [-0.39, 0.29) is 12.2 Å². The molecular formula is C42H34I2N2O4S. The molecule has 6 aromatic rings. The summed E-state index contributed by atoms with van der Waals surface area (Å²) in [6.45, 7) is 6.71. The van der Waals surface area contributed by atoms with Crippen LogP contribution in [0.15, 0.2) is 125 Å². The summed E-state index contributed by atoms with van der Waals surface area (Å²) >= 11 is 5.92. The number of ether oxygens (including phenoxy) is 2. The average Bonchev–Trinajstić information content (AvgIpc) is 3.44. The lowest BCUT2D eigenvalue weighted by Gasteiger charge is -2.26. The Balaban J connectivity index is 1.32. The van der Waals surface area contributed by atoms with Crippen molar-refractivity contribution in [1.29, 1.82) is 0 Å². The van der Waals surface area contributed by atoms with Crippen molar-refractivity contribution in [2.24, 2.45) is 4.99 Å². The molecule has 0 radical (unpaired) electrons. The third kappa shape index (κ3) is 7.20. The number of fused-ring (bicyclic) bond motifs is 2. The summed E-state index contributed by atoms with van der Waals surface area (Å²) < 4.78 is 16.1. The van der Waals surface area contributed by atoms with Crippen molar-refractivity contribution in [2.75, 3.05) is 6.61 Å². The van der Waals surface area contributed by atoms with Gasteiger partial charge in [-0.3, -0.25) is 9.36 Å². The van der Waals surface area contributed by atoms with Gasteiger partial charge < -0.3 is 9.47 Å². The van der Waals surface area contributed by atoms with E-state index in [0.29, 0.717) is 33.1 Å². The SMILES string of the molecule is CCOC(=O)C1=C(c2ccccc2)N=c2s/c(=C\c3cc(I)c(OCc4cccc5ccccc45)c(I)c3)c(=O)n2[C@H]1c1ccc(C(C)C)cc1. The molecule has 1 aromatic heterocycles. The number of nitrogens with zero attached hydrogens (tertiary/aromatic N) is 2. The number of esters is 1. The molecule has 256 valence electrons. The van der Waals surface area contributed by atoms with E-state index in [1.54, 1.807) is 11.5 Å². The first kappa shape index (κ1) is 35.3. The topological polar surface area (TPSA) is 69.9 Å². The fraction of sp³-hybridized carbons (Fsp3) is 0.167. The molecule has 6 nitrogen and oxygen atoms in total. The Labute approximate surface area is 327 Å².